The van der Waals surface area contributed by atoms with Crippen molar-refractivity contribution in [1.29, 1.82) is 0 Å². The summed E-state index contributed by atoms with van der Waals surface area (Å²) in [5.41, 5.74) is 1.55. The number of imide groups is 1. The molecule has 0 unspecified atom stereocenters. The van der Waals surface area contributed by atoms with E-state index in [1.807, 2.05) is 0 Å². The van der Waals surface area contributed by atoms with Crippen molar-refractivity contribution in [3.05, 3.63) is 74.2 Å². The summed E-state index contributed by atoms with van der Waals surface area (Å²) < 4.78 is 39.7. The van der Waals surface area contributed by atoms with Crippen molar-refractivity contribution in [1.82, 2.24) is 5.32 Å². The Morgan fingerprint density at radius 2 is 1.53 bits per heavy atom. The molecule has 5 rings (SSSR count). The molecule has 2 amide bonds. The molecule has 4 aromatic rings. The van der Waals surface area contributed by atoms with E-state index in [0.717, 1.165) is 11.8 Å². The van der Waals surface area contributed by atoms with Crippen LogP contribution >= 0.6 is 23.4 Å². The lowest BCUT2D eigenvalue weighted by molar-refractivity contribution is -0.115. The van der Waals surface area contributed by atoms with Crippen LogP contribution < -0.4 is 39.2 Å². The molecule has 11 nitrogen and oxygen atoms in total. The highest BCUT2D eigenvalue weighted by Gasteiger charge is 2.28. The second-order valence-electron chi connectivity index (χ2n) is 9.50. The Kier molecular flexibility index (Phi) is 9.45. The molecule has 1 aromatic heterocycles. The molecule has 1 fully saturated rings. The van der Waals surface area contributed by atoms with Crippen LogP contribution in [0.2, 0.25) is 5.02 Å². The first kappa shape index (κ1) is 31.6. The molecule has 234 valence electrons. The van der Waals surface area contributed by atoms with E-state index in [0.29, 0.717) is 44.6 Å². The van der Waals surface area contributed by atoms with Gasteiger partial charge in [0, 0.05) is 17.7 Å². The lowest BCUT2D eigenvalue weighted by atomic mass is 10.1. The van der Waals surface area contributed by atoms with Crippen molar-refractivity contribution >= 4 is 51.1 Å². The van der Waals surface area contributed by atoms with Crippen molar-refractivity contribution in [2.75, 3.05) is 41.7 Å². The van der Waals surface area contributed by atoms with Gasteiger partial charge >= 0.3 is 0 Å². The SMILES string of the molecule is COc1cc(OC)c2c(=O)c(OCCOc3ccc(/C(C)=C4\SC(=O)NC4=O)cc3Cl)c(-c3ccc(OC)c(OC)c3)oc2c1. The third-order valence-corrected chi connectivity index (χ3v) is 8.18. The number of thioether (sulfide) groups is 1. The van der Waals surface area contributed by atoms with E-state index in [1.165, 1.54) is 28.4 Å². The first-order chi connectivity index (χ1) is 21.7. The molecule has 13 heteroatoms. The van der Waals surface area contributed by atoms with Crippen molar-refractivity contribution < 1.29 is 42.4 Å². The van der Waals surface area contributed by atoms with E-state index in [-0.39, 0.29) is 46.5 Å². The number of carbonyl (C=O) groups is 2. The second kappa shape index (κ2) is 13.4. The van der Waals surface area contributed by atoms with Crippen molar-refractivity contribution in [2.45, 2.75) is 6.92 Å². The van der Waals surface area contributed by atoms with Gasteiger partial charge in [-0.05, 0) is 60.2 Å². The Morgan fingerprint density at radius 1 is 0.822 bits per heavy atom. The highest BCUT2D eigenvalue weighted by molar-refractivity contribution is 8.18. The number of methoxy groups -OCH3 is 4. The molecule has 0 spiro atoms. The van der Waals surface area contributed by atoms with Gasteiger partial charge in [0.05, 0.1) is 38.4 Å². The maximum absolute atomic E-state index is 13.9. The first-order valence-electron chi connectivity index (χ1n) is 13.4. The van der Waals surface area contributed by atoms with Crippen LogP contribution in [0.15, 0.2) is 62.6 Å². The minimum atomic E-state index is -0.460. The molecule has 1 aliphatic rings. The van der Waals surface area contributed by atoms with Crippen LogP contribution in [0.25, 0.3) is 27.9 Å². The monoisotopic (exact) mass is 653 g/mol. The van der Waals surface area contributed by atoms with E-state index in [2.05, 4.69) is 5.32 Å². The molecule has 3 aromatic carbocycles. The highest BCUT2D eigenvalue weighted by Crippen LogP contribution is 2.39. The molecule has 0 aliphatic carbocycles. The Balaban J connectivity index is 1.43. The van der Waals surface area contributed by atoms with Gasteiger partial charge < -0.3 is 32.8 Å². The Bertz CT molecular complexity index is 1900. The maximum Gasteiger partial charge on any atom is 0.290 e. The number of benzene rings is 3. The predicted molar refractivity (Wildman–Crippen MR) is 170 cm³/mol. The molecule has 0 atom stereocenters. The van der Waals surface area contributed by atoms with Gasteiger partial charge in [0.2, 0.25) is 11.2 Å². The third kappa shape index (κ3) is 6.38. The predicted octanol–water partition coefficient (Wildman–Crippen LogP) is 6.32. The Labute approximate surface area is 266 Å². The number of hydrogen-bond donors (Lipinski definition) is 1. The number of fused-ring (bicyclic) bond motifs is 1. The van der Waals surface area contributed by atoms with Gasteiger partial charge in [-0.3, -0.25) is 19.7 Å². The van der Waals surface area contributed by atoms with E-state index >= 15 is 0 Å². The molecule has 2 heterocycles. The topological polar surface area (TPSA) is 132 Å². The molecule has 45 heavy (non-hydrogen) atoms. The number of halogens is 1. The molecule has 1 aliphatic heterocycles. The summed E-state index contributed by atoms with van der Waals surface area (Å²) in [7, 11) is 5.97. The van der Waals surface area contributed by atoms with Gasteiger partial charge in [0.25, 0.3) is 11.1 Å². The van der Waals surface area contributed by atoms with Crippen LogP contribution in [0.1, 0.15) is 12.5 Å². The standard InChI is InChI=1S/C32H28ClNO10S/c1-16(30-31(36)34-32(37)45-30)17-6-8-21(20(33)12-17)42-10-11-43-29-27(35)26-24(41-5)14-19(38-2)15-25(26)44-28(29)18-7-9-22(39-3)23(13-18)40-4/h6-9,12-15H,10-11H2,1-5H3,(H,34,36,37)/b30-16-. The van der Waals surface area contributed by atoms with E-state index in [4.69, 9.17) is 44.4 Å². The van der Waals surface area contributed by atoms with Gasteiger partial charge in [-0.25, -0.2) is 0 Å². The second-order valence-corrected chi connectivity index (χ2v) is 10.9. The lowest BCUT2D eigenvalue weighted by Crippen LogP contribution is -2.18. The fourth-order valence-electron chi connectivity index (χ4n) is 4.66. The number of rotatable bonds is 11. The Morgan fingerprint density at radius 3 is 2.18 bits per heavy atom. The van der Waals surface area contributed by atoms with Crippen LogP contribution in [-0.4, -0.2) is 52.8 Å². The van der Waals surface area contributed by atoms with Crippen LogP contribution in [-0.2, 0) is 4.79 Å². The van der Waals surface area contributed by atoms with E-state index in [1.54, 1.807) is 55.5 Å². The third-order valence-electron chi connectivity index (χ3n) is 6.90. The zero-order valence-electron chi connectivity index (χ0n) is 24.9. The van der Waals surface area contributed by atoms with Gasteiger partial charge in [0.1, 0.15) is 41.4 Å². The molecule has 1 N–H and O–H groups in total. The van der Waals surface area contributed by atoms with Gasteiger partial charge in [-0.2, -0.15) is 0 Å². The molecule has 1 saturated heterocycles. The van der Waals surface area contributed by atoms with Crippen molar-refractivity contribution in [3.8, 4) is 45.8 Å². The smallest absolute Gasteiger partial charge is 0.290 e. The number of nitrogens with one attached hydrogen (secondary N) is 1. The number of carbonyl (C=O) groups excluding carboxylic acids is 2. The highest BCUT2D eigenvalue weighted by atomic mass is 35.5. The normalized spacial score (nSPS) is 13.8. The summed E-state index contributed by atoms with van der Waals surface area (Å²) in [5.74, 6) is 1.63. The van der Waals surface area contributed by atoms with Gasteiger partial charge in [0.15, 0.2) is 17.3 Å². The zero-order chi connectivity index (χ0) is 32.2. The minimum absolute atomic E-state index is 0.0223. The molecular formula is C32H28ClNO10S. The number of amides is 2. The van der Waals surface area contributed by atoms with E-state index in [9.17, 15) is 14.4 Å². The zero-order valence-corrected chi connectivity index (χ0v) is 26.5. The van der Waals surface area contributed by atoms with Crippen LogP contribution in [0.4, 0.5) is 4.79 Å². The van der Waals surface area contributed by atoms with Crippen LogP contribution in [0, 0.1) is 0 Å². The maximum atomic E-state index is 13.9. The fraction of sp³-hybridized carbons (Fsp3) is 0.219. The Hall–Kier alpha value is -4.81. The van der Waals surface area contributed by atoms with Crippen LogP contribution in [0.3, 0.4) is 0 Å². The molecule has 0 bridgehead atoms. The summed E-state index contributed by atoms with van der Waals surface area (Å²) in [4.78, 5) is 37.8. The summed E-state index contributed by atoms with van der Waals surface area (Å²) in [6, 6.07) is 13.3. The lowest BCUT2D eigenvalue weighted by Gasteiger charge is -2.16. The number of allylic oxidation sites excluding steroid dienone is 1. The average molecular weight is 654 g/mol. The minimum Gasteiger partial charge on any atom is -0.496 e. The quantitative estimate of drug-likeness (QED) is 0.144. The molecule has 0 radical (unpaired) electrons. The molecular weight excluding hydrogens is 626 g/mol. The number of hydrogen-bond acceptors (Lipinski definition) is 11. The summed E-state index contributed by atoms with van der Waals surface area (Å²) >= 11 is 7.31. The van der Waals surface area contributed by atoms with Crippen molar-refractivity contribution in [3.63, 3.8) is 0 Å². The summed E-state index contributed by atoms with van der Waals surface area (Å²) in [6.07, 6.45) is 0. The molecule has 0 saturated carbocycles. The number of ether oxygens (including phenoxy) is 6. The van der Waals surface area contributed by atoms with E-state index < -0.39 is 16.6 Å². The van der Waals surface area contributed by atoms with Crippen LogP contribution in [0.5, 0.6) is 34.5 Å². The first-order valence-corrected chi connectivity index (χ1v) is 14.6. The van der Waals surface area contributed by atoms with Gasteiger partial charge in [-0.1, -0.05) is 17.7 Å². The van der Waals surface area contributed by atoms with Gasteiger partial charge in [-0.15, -0.1) is 0 Å². The summed E-state index contributed by atoms with van der Waals surface area (Å²) in [6.45, 7) is 1.71. The average Bonchev–Trinajstić information content (AvgIpc) is 3.39. The summed E-state index contributed by atoms with van der Waals surface area (Å²) in [5, 5.41) is 2.29. The van der Waals surface area contributed by atoms with Crippen molar-refractivity contribution in [2.24, 2.45) is 0 Å². The fourth-order valence-corrected chi connectivity index (χ4v) is 5.64. The largest absolute Gasteiger partial charge is 0.496 e.